The maximum atomic E-state index is 11.2. The highest BCUT2D eigenvalue weighted by Crippen LogP contribution is 1.95. The van der Waals surface area contributed by atoms with Crippen LogP contribution in [0.4, 0.5) is 0 Å². The van der Waals surface area contributed by atoms with E-state index in [2.05, 4.69) is 10.3 Å². The average Bonchev–Trinajstić information content (AvgIpc) is 2.83. The Balaban J connectivity index is 2.02. The van der Waals surface area contributed by atoms with Crippen LogP contribution in [0.15, 0.2) is 22.6 Å². The predicted molar refractivity (Wildman–Crippen MR) is 55.6 cm³/mol. The smallest absolute Gasteiger partial charge is 0.358 e. The van der Waals surface area contributed by atoms with E-state index in [1.165, 1.54) is 15.4 Å². The Morgan fingerprint density at radius 3 is 2.88 bits per heavy atom. The van der Waals surface area contributed by atoms with E-state index >= 15 is 0 Å². The van der Waals surface area contributed by atoms with Gasteiger partial charge in [0.15, 0.2) is 5.69 Å². The molecule has 2 aromatic rings. The van der Waals surface area contributed by atoms with Crippen molar-refractivity contribution in [3.05, 3.63) is 33.1 Å². The first-order valence-electron chi connectivity index (χ1n) is 4.44. The van der Waals surface area contributed by atoms with E-state index in [1.807, 2.05) is 0 Å². The van der Waals surface area contributed by atoms with Gasteiger partial charge in [0.1, 0.15) is 0 Å². The first-order valence-corrected chi connectivity index (χ1v) is 5.32. The summed E-state index contributed by atoms with van der Waals surface area (Å²) >= 11 is 1.12. The summed E-state index contributed by atoms with van der Waals surface area (Å²) in [5.74, 6) is -1.11. The molecule has 0 aliphatic rings. The number of aromatic carboxylic acids is 1. The predicted octanol–water partition coefficient (Wildman–Crippen LogP) is -0.100. The third-order valence-corrected chi connectivity index (χ3v) is 2.67. The zero-order valence-corrected chi connectivity index (χ0v) is 8.92. The lowest BCUT2D eigenvalue weighted by Gasteiger charge is -1.99. The molecule has 1 N–H and O–H groups in total. The highest BCUT2D eigenvalue weighted by molar-refractivity contribution is 7.07. The van der Waals surface area contributed by atoms with Crippen LogP contribution in [0.5, 0.6) is 0 Å². The maximum absolute atomic E-state index is 11.2. The van der Waals surface area contributed by atoms with Gasteiger partial charge in [-0.2, -0.15) is 0 Å². The topological polar surface area (TPSA) is 90.0 Å². The van der Waals surface area contributed by atoms with Crippen molar-refractivity contribution in [2.75, 3.05) is 0 Å². The van der Waals surface area contributed by atoms with Gasteiger partial charge < -0.3 is 9.67 Å². The van der Waals surface area contributed by atoms with Gasteiger partial charge in [0.2, 0.25) is 0 Å². The molecule has 0 saturated carbocycles. The average molecular weight is 240 g/mol. The minimum Gasteiger partial charge on any atom is -0.476 e. The molecule has 0 fully saturated rings. The summed E-state index contributed by atoms with van der Waals surface area (Å²) < 4.78 is 2.93. The summed E-state index contributed by atoms with van der Waals surface area (Å²) in [6.45, 7) is 0.863. The highest BCUT2D eigenvalue weighted by atomic mass is 32.1. The Kier molecular flexibility index (Phi) is 2.82. The van der Waals surface area contributed by atoms with E-state index < -0.39 is 5.97 Å². The zero-order valence-electron chi connectivity index (χ0n) is 8.11. The van der Waals surface area contributed by atoms with Crippen LogP contribution < -0.4 is 4.87 Å². The molecular formula is C8H8N4O3S. The van der Waals surface area contributed by atoms with Gasteiger partial charge in [0, 0.05) is 18.1 Å². The lowest BCUT2D eigenvalue weighted by atomic mass is 10.5. The molecule has 0 atom stereocenters. The number of hydrogen-bond donors (Lipinski definition) is 1. The molecule has 0 unspecified atom stereocenters. The standard InChI is InChI=1S/C8H8N4O3S/c13-7(14)6-5-12(10-9-6)2-1-11-3-4-16-8(11)15/h3-5H,1-2H2,(H,13,14). The Hall–Kier alpha value is -1.96. The second kappa shape index (κ2) is 4.27. The number of aromatic nitrogens is 4. The molecule has 7 nitrogen and oxygen atoms in total. The fraction of sp³-hybridized carbons (Fsp3) is 0.250. The van der Waals surface area contributed by atoms with Gasteiger partial charge in [-0.05, 0) is 0 Å². The van der Waals surface area contributed by atoms with Gasteiger partial charge in [-0.1, -0.05) is 16.6 Å². The van der Waals surface area contributed by atoms with Crippen molar-refractivity contribution in [3.8, 4) is 0 Å². The second-order valence-corrected chi connectivity index (χ2v) is 3.89. The van der Waals surface area contributed by atoms with Crippen molar-refractivity contribution < 1.29 is 9.90 Å². The molecule has 2 rings (SSSR count). The van der Waals surface area contributed by atoms with E-state index in [4.69, 9.17) is 5.11 Å². The van der Waals surface area contributed by atoms with Crippen LogP contribution in [0.2, 0.25) is 0 Å². The normalized spacial score (nSPS) is 10.5. The van der Waals surface area contributed by atoms with Gasteiger partial charge in [-0.15, -0.1) is 5.10 Å². The molecule has 0 radical (unpaired) electrons. The zero-order chi connectivity index (χ0) is 11.5. The van der Waals surface area contributed by atoms with Crippen LogP contribution in [0.1, 0.15) is 10.5 Å². The highest BCUT2D eigenvalue weighted by Gasteiger charge is 2.07. The minimum absolute atomic E-state index is 0.0430. The lowest BCUT2D eigenvalue weighted by Crippen LogP contribution is -2.16. The van der Waals surface area contributed by atoms with E-state index in [1.54, 1.807) is 11.6 Å². The SMILES string of the molecule is O=C(O)c1cn(CCn2ccsc2=O)nn1. The lowest BCUT2D eigenvalue weighted by molar-refractivity contribution is 0.0690. The summed E-state index contributed by atoms with van der Waals surface area (Å²) in [6.07, 6.45) is 3.02. The second-order valence-electron chi connectivity index (χ2n) is 3.03. The van der Waals surface area contributed by atoms with Gasteiger partial charge in [-0.3, -0.25) is 4.79 Å². The monoisotopic (exact) mass is 240 g/mol. The van der Waals surface area contributed by atoms with Crippen molar-refractivity contribution in [2.24, 2.45) is 0 Å². The van der Waals surface area contributed by atoms with Gasteiger partial charge in [-0.25, -0.2) is 9.48 Å². The fourth-order valence-corrected chi connectivity index (χ4v) is 1.78. The molecule has 8 heteroatoms. The number of nitrogens with zero attached hydrogens (tertiary/aromatic N) is 4. The number of carboxylic acids is 1. The van der Waals surface area contributed by atoms with Crippen LogP contribution in [0.3, 0.4) is 0 Å². The van der Waals surface area contributed by atoms with Crippen LogP contribution >= 0.6 is 11.3 Å². The number of aryl methyl sites for hydroxylation is 2. The van der Waals surface area contributed by atoms with E-state index in [0.29, 0.717) is 13.1 Å². The fourth-order valence-electron chi connectivity index (χ4n) is 1.17. The van der Waals surface area contributed by atoms with Crippen LogP contribution in [-0.2, 0) is 13.1 Å². The Morgan fingerprint density at radius 1 is 1.50 bits per heavy atom. The van der Waals surface area contributed by atoms with E-state index in [-0.39, 0.29) is 10.6 Å². The number of rotatable bonds is 4. The molecule has 0 aromatic carbocycles. The Labute approximate surface area is 93.6 Å². The molecule has 0 bridgehead atoms. The maximum Gasteiger partial charge on any atom is 0.358 e. The van der Waals surface area contributed by atoms with E-state index in [9.17, 15) is 9.59 Å². The van der Waals surface area contributed by atoms with Crippen molar-refractivity contribution in [2.45, 2.75) is 13.1 Å². The molecule has 2 heterocycles. The molecule has 0 amide bonds. The molecular weight excluding hydrogens is 232 g/mol. The largest absolute Gasteiger partial charge is 0.476 e. The number of thiazole rings is 1. The summed E-state index contributed by atoms with van der Waals surface area (Å²) in [7, 11) is 0. The number of carbonyl (C=O) groups is 1. The molecule has 0 saturated heterocycles. The molecule has 0 aliphatic carbocycles. The first-order chi connectivity index (χ1) is 7.66. The summed E-state index contributed by atoms with van der Waals surface area (Å²) in [5, 5.41) is 17.4. The number of carboxylic acid groups (broad SMARTS) is 1. The molecule has 0 spiro atoms. The van der Waals surface area contributed by atoms with Gasteiger partial charge in [0.25, 0.3) is 0 Å². The van der Waals surface area contributed by atoms with Crippen LogP contribution in [0.25, 0.3) is 0 Å². The summed E-state index contributed by atoms with van der Waals surface area (Å²) in [6, 6.07) is 0. The molecule has 84 valence electrons. The van der Waals surface area contributed by atoms with Gasteiger partial charge >= 0.3 is 10.8 Å². The van der Waals surface area contributed by atoms with Crippen LogP contribution in [-0.4, -0.2) is 30.6 Å². The Bertz CT molecular complexity index is 555. The van der Waals surface area contributed by atoms with Crippen molar-refractivity contribution >= 4 is 17.3 Å². The van der Waals surface area contributed by atoms with Crippen molar-refractivity contribution in [3.63, 3.8) is 0 Å². The minimum atomic E-state index is -1.11. The van der Waals surface area contributed by atoms with E-state index in [0.717, 1.165) is 11.3 Å². The molecule has 0 aliphatic heterocycles. The van der Waals surface area contributed by atoms with Crippen molar-refractivity contribution in [1.82, 2.24) is 19.6 Å². The third kappa shape index (κ3) is 2.16. The quantitative estimate of drug-likeness (QED) is 0.805. The number of hydrogen-bond acceptors (Lipinski definition) is 5. The third-order valence-electron chi connectivity index (χ3n) is 1.97. The summed E-state index contributed by atoms with van der Waals surface area (Å²) in [5.41, 5.74) is -0.0994. The summed E-state index contributed by atoms with van der Waals surface area (Å²) in [4.78, 5) is 21.7. The van der Waals surface area contributed by atoms with Crippen molar-refractivity contribution in [1.29, 1.82) is 0 Å². The Morgan fingerprint density at radius 2 is 2.31 bits per heavy atom. The van der Waals surface area contributed by atoms with Crippen LogP contribution in [0, 0.1) is 0 Å². The first kappa shape index (κ1) is 10.6. The molecule has 2 aromatic heterocycles. The van der Waals surface area contributed by atoms with Gasteiger partial charge in [0.05, 0.1) is 12.7 Å². The molecule has 16 heavy (non-hydrogen) atoms.